The third kappa shape index (κ3) is 3.72. The van der Waals surface area contributed by atoms with Crippen LogP contribution in [0.5, 0.6) is 0 Å². The summed E-state index contributed by atoms with van der Waals surface area (Å²) in [6.45, 7) is 7.78. The van der Waals surface area contributed by atoms with E-state index >= 15 is 0 Å². The number of carbonyl (C=O) groups excluding carboxylic acids is 2. The zero-order valence-corrected chi connectivity index (χ0v) is 7.77. The first-order chi connectivity index (χ1) is 6.52. The quantitative estimate of drug-likeness (QED) is 0.385. The molecule has 0 aliphatic rings. The molecule has 0 aliphatic carbocycles. The van der Waals surface area contributed by atoms with Gasteiger partial charge in [-0.2, -0.15) is 5.48 Å². The average molecular weight is 200 g/mol. The number of aliphatic hydroxyl groups excluding tert-OH is 1. The van der Waals surface area contributed by atoms with Crippen molar-refractivity contribution in [3.63, 3.8) is 0 Å². The van der Waals surface area contributed by atoms with Crippen LogP contribution in [-0.2, 0) is 9.63 Å². The van der Waals surface area contributed by atoms with Gasteiger partial charge in [0.2, 0.25) is 0 Å². The molecular formula is C8H12N2O4. The van der Waals surface area contributed by atoms with Crippen LogP contribution in [0.25, 0.3) is 0 Å². The molecule has 0 saturated carbocycles. The number of hydroxylamine groups is 1. The maximum absolute atomic E-state index is 11.1. The van der Waals surface area contributed by atoms with E-state index < -0.39 is 18.2 Å². The summed E-state index contributed by atoms with van der Waals surface area (Å²) in [4.78, 5) is 26.7. The van der Waals surface area contributed by atoms with Crippen LogP contribution in [0.2, 0.25) is 0 Å². The Kier molecular flexibility index (Phi) is 5.01. The Morgan fingerprint density at radius 3 is 2.50 bits per heavy atom. The van der Waals surface area contributed by atoms with Gasteiger partial charge >= 0.3 is 12.0 Å². The molecule has 0 aromatic carbocycles. The molecule has 0 fully saturated rings. The van der Waals surface area contributed by atoms with Crippen molar-refractivity contribution < 1.29 is 19.5 Å². The molecule has 0 bridgehead atoms. The summed E-state index contributed by atoms with van der Waals surface area (Å²) in [5.74, 6) is -0.798. The predicted octanol–water partition coefficient (Wildman–Crippen LogP) is 0.124. The Morgan fingerprint density at radius 1 is 1.57 bits per heavy atom. The Balaban J connectivity index is 4.12. The monoisotopic (exact) mass is 200 g/mol. The molecule has 0 spiro atoms. The second-order valence-corrected chi connectivity index (χ2v) is 2.25. The normalized spacial score (nSPS) is 11.0. The summed E-state index contributed by atoms with van der Waals surface area (Å²) in [5, 5.41) is 9.04. The Bertz CT molecular complexity index is 250. The SMILES string of the molecule is C=CC(=O)ONC(=O)N(C=C)C(C)O. The fraction of sp³-hybridized carbons (Fsp3) is 0.250. The minimum absolute atomic E-state index is 0.798. The highest BCUT2D eigenvalue weighted by Crippen LogP contribution is 1.96. The van der Waals surface area contributed by atoms with Crippen molar-refractivity contribution in [1.82, 2.24) is 10.4 Å². The number of urea groups is 1. The standard InChI is InChI=1S/C8H12N2O4/c1-4-7(12)14-9-8(13)10(5-2)6(3)11/h4-6,11H,1-2H2,3H3,(H,9,13). The van der Waals surface area contributed by atoms with Crippen LogP contribution >= 0.6 is 0 Å². The number of nitrogens with zero attached hydrogens (tertiary/aromatic N) is 1. The zero-order chi connectivity index (χ0) is 11.1. The molecular weight excluding hydrogens is 188 g/mol. The number of hydrogen-bond acceptors (Lipinski definition) is 4. The van der Waals surface area contributed by atoms with Gasteiger partial charge < -0.3 is 9.94 Å². The molecule has 78 valence electrons. The fourth-order valence-electron chi connectivity index (χ4n) is 0.593. The Morgan fingerprint density at radius 2 is 2.14 bits per heavy atom. The van der Waals surface area contributed by atoms with Gasteiger partial charge in [0.25, 0.3) is 0 Å². The van der Waals surface area contributed by atoms with Crippen LogP contribution < -0.4 is 5.48 Å². The molecule has 0 saturated heterocycles. The Labute approximate surface area is 81.4 Å². The molecule has 14 heavy (non-hydrogen) atoms. The molecule has 0 aliphatic heterocycles. The summed E-state index contributed by atoms with van der Waals surface area (Å²) in [6.07, 6.45) is 0.928. The maximum Gasteiger partial charge on any atom is 0.356 e. The first kappa shape index (κ1) is 12.2. The van der Waals surface area contributed by atoms with Crippen LogP contribution in [0.15, 0.2) is 25.4 Å². The third-order valence-corrected chi connectivity index (χ3v) is 1.24. The van der Waals surface area contributed by atoms with Gasteiger partial charge in [-0.25, -0.2) is 9.59 Å². The fourth-order valence-corrected chi connectivity index (χ4v) is 0.593. The number of nitrogens with one attached hydrogen (secondary N) is 1. The number of amides is 2. The Hall–Kier alpha value is -1.82. The summed E-state index contributed by atoms with van der Waals surface area (Å²) >= 11 is 0. The van der Waals surface area contributed by atoms with Crippen LogP contribution in [-0.4, -0.2) is 28.2 Å². The van der Waals surface area contributed by atoms with Crippen LogP contribution in [0.1, 0.15) is 6.92 Å². The lowest BCUT2D eigenvalue weighted by Gasteiger charge is -2.20. The molecule has 0 heterocycles. The summed E-state index contributed by atoms with van der Waals surface area (Å²) in [7, 11) is 0. The van der Waals surface area contributed by atoms with Gasteiger partial charge in [-0.1, -0.05) is 13.2 Å². The van der Waals surface area contributed by atoms with Gasteiger partial charge in [-0.3, -0.25) is 4.90 Å². The van der Waals surface area contributed by atoms with E-state index in [9.17, 15) is 9.59 Å². The molecule has 2 amide bonds. The van der Waals surface area contributed by atoms with Gasteiger partial charge in [-0.15, -0.1) is 0 Å². The second kappa shape index (κ2) is 5.76. The lowest BCUT2D eigenvalue weighted by atomic mass is 10.5. The van der Waals surface area contributed by atoms with Crippen LogP contribution in [0, 0.1) is 0 Å². The molecule has 6 nitrogen and oxygen atoms in total. The van der Waals surface area contributed by atoms with E-state index in [-0.39, 0.29) is 0 Å². The zero-order valence-electron chi connectivity index (χ0n) is 7.77. The lowest BCUT2D eigenvalue weighted by molar-refractivity contribution is -0.143. The average Bonchev–Trinajstić information content (AvgIpc) is 2.14. The van der Waals surface area contributed by atoms with Crippen molar-refractivity contribution >= 4 is 12.0 Å². The van der Waals surface area contributed by atoms with E-state index in [2.05, 4.69) is 18.0 Å². The molecule has 0 radical (unpaired) electrons. The largest absolute Gasteiger partial charge is 0.373 e. The second-order valence-electron chi connectivity index (χ2n) is 2.25. The first-order valence-corrected chi connectivity index (χ1v) is 3.75. The van der Waals surface area contributed by atoms with Gasteiger partial charge in [0, 0.05) is 12.3 Å². The van der Waals surface area contributed by atoms with Gasteiger partial charge in [0.1, 0.15) is 6.23 Å². The van der Waals surface area contributed by atoms with E-state index in [1.165, 1.54) is 6.92 Å². The molecule has 1 atom stereocenters. The van der Waals surface area contributed by atoms with Crippen molar-refractivity contribution in [3.05, 3.63) is 25.4 Å². The van der Waals surface area contributed by atoms with E-state index in [1.807, 2.05) is 0 Å². The lowest BCUT2D eigenvalue weighted by Crippen LogP contribution is -2.42. The highest BCUT2D eigenvalue weighted by Gasteiger charge is 2.15. The third-order valence-electron chi connectivity index (χ3n) is 1.24. The first-order valence-electron chi connectivity index (χ1n) is 3.75. The smallest absolute Gasteiger partial charge is 0.356 e. The van der Waals surface area contributed by atoms with E-state index in [0.29, 0.717) is 0 Å². The summed E-state index contributed by atoms with van der Waals surface area (Å²) in [5.41, 5.74) is 1.80. The number of rotatable bonds is 3. The van der Waals surface area contributed by atoms with Crippen molar-refractivity contribution in [2.45, 2.75) is 13.2 Å². The molecule has 0 rings (SSSR count). The van der Waals surface area contributed by atoms with Crippen molar-refractivity contribution in [2.75, 3.05) is 0 Å². The molecule has 2 N–H and O–H groups in total. The van der Waals surface area contributed by atoms with Crippen molar-refractivity contribution in [2.24, 2.45) is 0 Å². The summed E-state index contributed by atoms with van der Waals surface area (Å²) in [6, 6.07) is -0.801. The van der Waals surface area contributed by atoms with E-state index in [1.54, 1.807) is 5.48 Å². The van der Waals surface area contributed by atoms with E-state index in [4.69, 9.17) is 5.11 Å². The molecule has 1 unspecified atom stereocenters. The molecule has 6 heteroatoms. The molecule has 0 aromatic rings. The number of carbonyl (C=O) groups is 2. The van der Waals surface area contributed by atoms with Gasteiger partial charge in [0.15, 0.2) is 0 Å². The topological polar surface area (TPSA) is 78.9 Å². The van der Waals surface area contributed by atoms with E-state index in [0.717, 1.165) is 17.2 Å². The summed E-state index contributed by atoms with van der Waals surface area (Å²) < 4.78 is 0. The number of hydrogen-bond donors (Lipinski definition) is 2. The maximum atomic E-state index is 11.1. The molecule has 0 aromatic heterocycles. The van der Waals surface area contributed by atoms with Crippen LogP contribution in [0.3, 0.4) is 0 Å². The highest BCUT2D eigenvalue weighted by molar-refractivity contribution is 5.83. The minimum atomic E-state index is -1.06. The van der Waals surface area contributed by atoms with Crippen molar-refractivity contribution in [1.29, 1.82) is 0 Å². The minimum Gasteiger partial charge on any atom is -0.373 e. The van der Waals surface area contributed by atoms with Gasteiger partial charge in [-0.05, 0) is 6.92 Å². The predicted molar refractivity (Wildman–Crippen MR) is 48.5 cm³/mol. The highest BCUT2D eigenvalue weighted by atomic mass is 16.7. The van der Waals surface area contributed by atoms with Crippen LogP contribution in [0.4, 0.5) is 4.79 Å². The van der Waals surface area contributed by atoms with Gasteiger partial charge in [0.05, 0.1) is 0 Å². The number of aliphatic hydroxyl groups is 1. The van der Waals surface area contributed by atoms with Crippen molar-refractivity contribution in [3.8, 4) is 0 Å².